The number of carbonyl (C=O) groups is 2. The van der Waals surface area contributed by atoms with Crippen molar-refractivity contribution in [1.29, 1.82) is 5.26 Å². The van der Waals surface area contributed by atoms with Gasteiger partial charge in [-0.2, -0.15) is 17.9 Å². The molecule has 2 atom stereocenters. The molecule has 0 aliphatic carbocycles. The van der Waals surface area contributed by atoms with Gasteiger partial charge in [0.15, 0.2) is 0 Å². The molecular formula is C37H40FN7O2S. The maximum atomic E-state index is 13.3. The molecule has 0 fully saturated rings. The molecule has 248 valence electrons. The summed E-state index contributed by atoms with van der Waals surface area (Å²) >= 11 is 4.76. The quantitative estimate of drug-likeness (QED) is 0.0806. The molecule has 2 unspecified atom stereocenters. The number of hydrogen-bond acceptors (Lipinski definition) is 7. The van der Waals surface area contributed by atoms with Crippen LogP contribution in [0.4, 0.5) is 4.39 Å². The summed E-state index contributed by atoms with van der Waals surface area (Å²) in [4.78, 5) is 40.0. The van der Waals surface area contributed by atoms with Crippen LogP contribution in [0.25, 0.3) is 22.2 Å². The number of benzene rings is 1. The maximum absolute atomic E-state index is 13.3. The SMILES string of the molecule is C/C=C\C(C#N)=C/N=CCn1c(C)cc2cc(-c3c(C(N)=O)c(CC(C)C)nc4c3C(=O)NC(C)C4S)cnc21.Cc1ccc(F)cc1. The van der Waals surface area contributed by atoms with Gasteiger partial charge in [0.25, 0.3) is 11.8 Å². The molecule has 48 heavy (non-hydrogen) atoms. The van der Waals surface area contributed by atoms with Gasteiger partial charge in [0.2, 0.25) is 0 Å². The summed E-state index contributed by atoms with van der Waals surface area (Å²) in [5.74, 6) is -0.922. The first-order valence-electron chi connectivity index (χ1n) is 15.6. The van der Waals surface area contributed by atoms with Gasteiger partial charge in [0, 0.05) is 46.9 Å². The molecular weight excluding hydrogens is 626 g/mol. The van der Waals surface area contributed by atoms with E-state index in [0.717, 1.165) is 22.3 Å². The largest absolute Gasteiger partial charge is 0.366 e. The first kappa shape index (κ1) is 35.8. The van der Waals surface area contributed by atoms with Gasteiger partial charge in [-0.25, -0.2) is 9.37 Å². The zero-order valence-electron chi connectivity index (χ0n) is 28.0. The van der Waals surface area contributed by atoms with Crippen LogP contribution in [0, 0.1) is 36.9 Å². The minimum Gasteiger partial charge on any atom is -0.366 e. The molecule has 1 aliphatic heterocycles. The second-order valence-corrected chi connectivity index (χ2v) is 12.7. The van der Waals surface area contributed by atoms with Crippen LogP contribution in [0.5, 0.6) is 0 Å². The lowest BCUT2D eigenvalue weighted by atomic mass is 9.86. The summed E-state index contributed by atoms with van der Waals surface area (Å²) in [6, 6.07) is 12.2. The van der Waals surface area contributed by atoms with Gasteiger partial charge in [-0.3, -0.25) is 19.6 Å². The summed E-state index contributed by atoms with van der Waals surface area (Å²) in [6.07, 6.45) is 8.89. The van der Waals surface area contributed by atoms with E-state index >= 15 is 0 Å². The van der Waals surface area contributed by atoms with Crippen molar-refractivity contribution in [3.63, 3.8) is 0 Å². The van der Waals surface area contributed by atoms with Crippen molar-refractivity contribution >= 4 is 41.7 Å². The van der Waals surface area contributed by atoms with Crippen LogP contribution in [0.15, 0.2) is 71.5 Å². The van der Waals surface area contributed by atoms with E-state index in [1.165, 1.54) is 18.3 Å². The molecule has 4 aromatic rings. The number of allylic oxidation sites excluding steroid dienone is 3. The number of nitriles is 1. The van der Waals surface area contributed by atoms with Gasteiger partial charge in [-0.1, -0.05) is 37.6 Å². The molecule has 4 heterocycles. The number of halogens is 1. The topological polar surface area (TPSA) is 139 Å². The van der Waals surface area contributed by atoms with E-state index in [1.807, 2.05) is 58.2 Å². The number of amides is 2. The lowest BCUT2D eigenvalue weighted by Gasteiger charge is -2.31. The highest BCUT2D eigenvalue weighted by Crippen LogP contribution is 2.40. The smallest absolute Gasteiger partial charge is 0.254 e. The van der Waals surface area contributed by atoms with Crippen molar-refractivity contribution in [3.8, 4) is 17.2 Å². The standard InChI is InChI=1S/C30H33N7O2S.C7H7F/c1-6-7-19(13-31)14-33-8-9-37-17(4)11-20-12-21(15-34-29(20)37)23-24(28(32)38)22(10-16(2)3)36-26-25(23)30(39)35-18(5)27(26)40;1-6-2-4-7(8)5-3-6/h6-8,11-12,14-16,18,27,40H,9-10H2,1-5H3,(H2,32,38)(H,35,39);2-5H,1H3/b7-6-,19-14+,33-8?;. The molecule has 0 radical (unpaired) electrons. The first-order valence-corrected chi connectivity index (χ1v) is 16.2. The molecule has 0 spiro atoms. The Balaban J connectivity index is 0.000000569. The van der Waals surface area contributed by atoms with Crippen molar-refractivity contribution in [2.45, 2.75) is 65.8 Å². The van der Waals surface area contributed by atoms with Gasteiger partial charge in [0.05, 0.1) is 39.9 Å². The number of fused-ring (bicyclic) bond motifs is 2. The second-order valence-electron chi connectivity index (χ2n) is 12.1. The zero-order chi connectivity index (χ0) is 35.1. The van der Waals surface area contributed by atoms with Crippen LogP contribution in [-0.2, 0) is 13.0 Å². The number of primary amides is 1. The fourth-order valence-corrected chi connectivity index (χ4v) is 5.77. The van der Waals surface area contributed by atoms with Gasteiger partial charge < -0.3 is 15.6 Å². The van der Waals surface area contributed by atoms with Gasteiger partial charge in [-0.15, -0.1) is 0 Å². The van der Waals surface area contributed by atoms with E-state index in [2.05, 4.69) is 16.4 Å². The lowest BCUT2D eigenvalue weighted by Crippen LogP contribution is -2.42. The average Bonchev–Trinajstić information content (AvgIpc) is 3.35. The molecule has 0 saturated heterocycles. The van der Waals surface area contributed by atoms with Crippen molar-refractivity contribution in [2.24, 2.45) is 16.6 Å². The molecule has 11 heteroatoms. The fourth-order valence-electron chi connectivity index (χ4n) is 5.51. The Bertz CT molecular complexity index is 1950. The number of nitrogens with one attached hydrogen (secondary N) is 1. The van der Waals surface area contributed by atoms with Gasteiger partial charge in [-0.05, 0) is 70.4 Å². The van der Waals surface area contributed by atoms with Gasteiger partial charge >= 0.3 is 0 Å². The minimum atomic E-state index is -0.643. The van der Waals surface area contributed by atoms with Crippen LogP contribution in [0.2, 0.25) is 0 Å². The Kier molecular flexibility index (Phi) is 11.7. The molecule has 5 rings (SSSR count). The van der Waals surface area contributed by atoms with Crippen LogP contribution < -0.4 is 11.1 Å². The van der Waals surface area contributed by atoms with E-state index < -0.39 is 5.91 Å². The highest BCUT2D eigenvalue weighted by molar-refractivity contribution is 7.80. The summed E-state index contributed by atoms with van der Waals surface area (Å²) in [5.41, 5.74) is 11.9. The molecule has 1 aromatic carbocycles. The molecule has 0 bridgehead atoms. The highest BCUT2D eigenvalue weighted by Gasteiger charge is 2.36. The van der Waals surface area contributed by atoms with E-state index in [4.69, 9.17) is 33.6 Å². The van der Waals surface area contributed by atoms with Crippen molar-refractivity contribution in [1.82, 2.24) is 19.9 Å². The van der Waals surface area contributed by atoms with E-state index in [-0.39, 0.29) is 34.5 Å². The Morgan fingerprint density at radius 1 is 1.23 bits per heavy atom. The Morgan fingerprint density at radius 3 is 2.54 bits per heavy atom. The number of pyridine rings is 2. The van der Waals surface area contributed by atoms with E-state index in [9.17, 15) is 14.0 Å². The lowest BCUT2D eigenvalue weighted by molar-refractivity contribution is 0.0928. The average molecular weight is 666 g/mol. The fraction of sp³-hybridized carbons (Fsp3) is 0.297. The van der Waals surface area contributed by atoms with Gasteiger partial charge in [0.1, 0.15) is 17.5 Å². The molecule has 1 aliphatic rings. The minimum absolute atomic E-state index is 0.171. The molecule has 9 nitrogen and oxygen atoms in total. The third-order valence-electron chi connectivity index (χ3n) is 7.79. The zero-order valence-corrected chi connectivity index (χ0v) is 28.8. The van der Waals surface area contributed by atoms with E-state index in [1.54, 1.807) is 36.7 Å². The number of carbonyl (C=O) groups excluding carboxylic acids is 2. The normalized spacial score (nSPS) is 16.2. The van der Waals surface area contributed by atoms with E-state index in [0.29, 0.717) is 46.6 Å². The molecule has 3 aromatic heterocycles. The summed E-state index contributed by atoms with van der Waals surface area (Å²) in [7, 11) is 0. The first-order chi connectivity index (χ1) is 22.9. The molecule has 0 saturated carbocycles. The third kappa shape index (κ3) is 8.06. The van der Waals surface area contributed by atoms with Crippen LogP contribution in [0.1, 0.15) is 76.3 Å². The van der Waals surface area contributed by atoms with Crippen LogP contribution in [-0.4, -0.2) is 38.6 Å². The number of rotatable bonds is 8. The molecule has 2 amide bonds. The monoisotopic (exact) mass is 665 g/mol. The number of thiol groups is 1. The summed E-state index contributed by atoms with van der Waals surface area (Å²) < 4.78 is 14.1. The Morgan fingerprint density at radius 2 is 1.94 bits per heavy atom. The predicted molar refractivity (Wildman–Crippen MR) is 192 cm³/mol. The Hall–Kier alpha value is -5.08. The number of nitrogens with zero attached hydrogens (tertiary/aromatic N) is 5. The molecule has 3 N–H and O–H groups in total. The Labute approximate surface area is 285 Å². The van der Waals surface area contributed by atoms with Crippen molar-refractivity contribution in [2.75, 3.05) is 0 Å². The summed E-state index contributed by atoms with van der Waals surface area (Å²) in [5, 5.41) is 12.6. The van der Waals surface area contributed by atoms with Crippen LogP contribution >= 0.6 is 12.6 Å². The predicted octanol–water partition coefficient (Wildman–Crippen LogP) is 7.00. The van der Waals surface area contributed by atoms with Crippen LogP contribution in [0.3, 0.4) is 0 Å². The van der Waals surface area contributed by atoms with Crippen molar-refractivity contribution in [3.05, 3.63) is 106 Å². The number of aryl methyl sites for hydroxylation is 2. The third-order valence-corrected chi connectivity index (χ3v) is 8.48. The van der Waals surface area contributed by atoms with Crippen molar-refractivity contribution < 1.29 is 14.0 Å². The number of nitrogens with two attached hydrogens (primary N) is 1. The number of aliphatic imine (C=N–C) groups is 1. The highest BCUT2D eigenvalue weighted by atomic mass is 32.1. The second kappa shape index (κ2) is 15.7. The maximum Gasteiger partial charge on any atom is 0.254 e. The number of hydrogen-bond donors (Lipinski definition) is 3. The number of aromatic nitrogens is 3. The summed E-state index contributed by atoms with van der Waals surface area (Å²) in [6.45, 7) is 12.1.